The van der Waals surface area contributed by atoms with Gasteiger partial charge in [-0.25, -0.2) is 27.4 Å². The normalized spacial score (nSPS) is 12.4. The fourth-order valence-corrected chi connectivity index (χ4v) is 3.91. The van der Waals surface area contributed by atoms with Crippen LogP contribution in [0.15, 0.2) is 41.3 Å². The van der Waals surface area contributed by atoms with Crippen molar-refractivity contribution in [3.05, 3.63) is 47.2 Å². The average molecular weight is 466 g/mol. The third kappa shape index (κ3) is 4.81. The molecular formula is C20H24ClN5O4S. The smallest absolute Gasteiger partial charge is 0.420 e. The Hall–Kier alpha value is -2.69. The first-order valence-electron chi connectivity index (χ1n) is 9.38. The number of carbonyl (C=O) groups is 1. The Labute approximate surface area is 186 Å². The summed E-state index contributed by atoms with van der Waals surface area (Å²) in [5.41, 5.74) is 0.760. The van der Waals surface area contributed by atoms with Gasteiger partial charge < -0.3 is 4.74 Å². The van der Waals surface area contributed by atoms with Crippen LogP contribution in [-0.4, -0.2) is 53.1 Å². The number of rotatable bonds is 4. The second kappa shape index (κ2) is 8.10. The zero-order valence-electron chi connectivity index (χ0n) is 18.1. The number of carbonyl (C=O) groups excluding carboxylic acids is 1. The van der Waals surface area contributed by atoms with Crippen LogP contribution in [0.1, 0.15) is 26.5 Å². The third-order valence-corrected chi connectivity index (χ3v) is 6.20. The molecule has 166 valence electrons. The highest BCUT2D eigenvalue weighted by molar-refractivity contribution is 7.89. The van der Waals surface area contributed by atoms with E-state index >= 15 is 0 Å². The van der Waals surface area contributed by atoms with Gasteiger partial charge in [-0.2, -0.15) is 9.61 Å². The van der Waals surface area contributed by atoms with Gasteiger partial charge in [0.05, 0.1) is 16.3 Å². The predicted octanol–water partition coefficient (Wildman–Crippen LogP) is 4.01. The maximum atomic E-state index is 13.2. The van der Waals surface area contributed by atoms with Crippen LogP contribution in [0.5, 0.6) is 0 Å². The monoisotopic (exact) mass is 465 g/mol. The lowest BCUT2D eigenvalue weighted by molar-refractivity contribution is 0.0597. The fourth-order valence-electron chi connectivity index (χ4n) is 2.82. The van der Waals surface area contributed by atoms with Crippen LogP contribution in [0.2, 0.25) is 5.15 Å². The standard InChI is InChI=1S/C20H24ClN5O4S/c1-13-11-17-22-16(21)12-18(26(17)23-13)25(19(27)30-20(2,3)4)14-7-9-15(10-8-14)31(28,29)24(5)6/h7-12H,1-6H3. The number of anilines is 2. The molecule has 2 heterocycles. The molecule has 0 fully saturated rings. The minimum Gasteiger partial charge on any atom is -0.443 e. The van der Waals surface area contributed by atoms with E-state index < -0.39 is 21.7 Å². The number of hydrogen-bond acceptors (Lipinski definition) is 6. The Morgan fingerprint density at radius 1 is 1.13 bits per heavy atom. The molecule has 0 unspecified atom stereocenters. The quantitative estimate of drug-likeness (QED) is 0.540. The summed E-state index contributed by atoms with van der Waals surface area (Å²) >= 11 is 6.21. The Kier molecular flexibility index (Phi) is 6.01. The maximum Gasteiger partial charge on any atom is 0.420 e. The lowest BCUT2D eigenvalue weighted by Crippen LogP contribution is -2.35. The van der Waals surface area contributed by atoms with Gasteiger partial charge in [-0.3, -0.25) is 0 Å². The summed E-state index contributed by atoms with van der Waals surface area (Å²) in [6.45, 7) is 7.06. The molecule has 11 heteroatoms. The van der Waals surface area contributed by atoms with Crippen molar-refractivity contribution in [3.8, 4) is 0 Å². The highest BCUT2D eigenvalue weighted by atomic mass is 35.5. The van der Waals surface area contributed by atoms with Crippen LogP contribution in [0, 0.1) is 6.92 Å². The number of ether oxygens (including phenoxy) is 1. The molecule has 0 spiro atoms. The molecule has 1 aromatic carbocycles. The number of sulfonamides is 1. The molecule has 0 aliphatic heterocycles. The SMILES string of the molecule is Cc1cc2nc(Cl)cc(N(C(=O)OC(C)(C)C)c3ccc(S(=O)(=O)N(C)C)cc3)n2n1. The molecule has 9 nitrogen and oxygen atoms in total. The Bertz CT molecular complexity index is 1230. The van der Waals surface area contributed by atoms with Crippen molar-refractivity contribution in [2.45, 2.75) is 38.2 Å². The topological polar surface area (TPSA) is 97.1 Å². The number of hydrogen-bond donors (Lipinski definition) is 0. The number of nitrogens with zero attached hydrogens (tertiary/aromatic N) is 5. The molecule has 0 atom stereocenters. The second-order valence-electron chi connectivity index (χ2n) is 8.09. The molecule has 2 aromatic heterocycles. The summed E-state index contributed by atoms with van der Waals surface area (Å²) in [4.78, 5) is 18.8. The van der Waals surface area contributed by atoms with Crippen molar-refractivity contribution in [2.75, 3.05) is 19.0 Å². The van der Waals surface area contributed by atoms with E-state index in [0.29, 0.717) is 22.8 Å². The van der Waals surface area contributed by atoms with Crippen molar-refractivity contribution < 1.29 is 17.9 Å². The van der Waals surface area contributed by atoms with Gasteiger partial charge in [-0.15, -0.1) is 0 Å². The first-order valence-corrected chi connectivity index (χ1v) is 11.2. The molecule has 0 saturated heterocycles. The number of fused-ring (bicyclic) bond motifs is 1. The summed E-state index contributed by atoms with van der Waals surface area (Å²) in [5, 5.41) is 4.57. The van der Waals surface area contributed by atoms with Crippen LogP contribution >= 0.6 is 11.6 Å². The van der Waals surface area contributed by atoms with Crippen molar-refractivity contribution in [3.63, 3.8) is 0 Å². The van der Waals surface area contributed by atoms with Gasteiger partial charge >= 0.3 is 6.09 Å². The lowest BCUT2D eigenvalue weighted by atomic mass is 10.2. The molecule has 0 radical (unpaired) electrons. The zero-order chi connectivity index (χ0) is 23.1. The summed E-state index contributed by atoms with van der Waals surface area (Å²) in [6.07, 6.45) is -0.674. The Morgan fingerprint density at radius 3 is 2.29 bits per heavy atom. The predicted molar refractivity (Wildman–Crippen MR) is 118 cm³/mol. The van der Waals surface area contributed by atoms with Crippen molar-refractivity contribution in [1.82, 2.24) is 18.9 Å². The minimum atomic E-state index is -3.62. The number of aryl methyl sites for hydroxylation is 1. The fraction of sp³-hybridized carbons (Fsp3) is 0.350. The Balaban J connectivity index is 2.18. The summed E-state index contributed by atoms with van der Waals surface area (Å²) in [6, 6.07) is 9.13. The van der Waals surface area contributed by atoms with Gasteiger partial charge in [-0.05, 0) is 52.0 Å². The number of amides is 1. The van der Waals surface area contributed by atoms with E-state index in [-0.39, 0.29) is 10.0 Å². The molecular weight excluding hydrogens is 442 g/mol. The minimum absolute atomic E-state index is 0.0956. The van der Waals surface area contributed by atoms with E-state index in [1.807, 2.05) is 0 Å². The molecule has 0 saturated carbocycles. The van der Waals surface area contributed by atoms with E-state index in [2.05, 4.69) is 10.1 Å². The van der Waals surface area contributed by atoms with Crippen LogP contribution in [0.3, 0.4) is 0 Å². The van der Waals surface area contributed by atoms with Crippen LogP contribution in [0.25, 0.3) is 5.65 Å². The van der Waals surface area contributed by atoms with Gasteiger partial charge in [0.15, 0.2) is 5.65 Å². The highest BCUT2D eigenvalue weighted by Gasteiger charge is 2.28. The van der Waals surface area contributed by atoms with Crippen molar-refractivity contribution in [1.29, 1.82) is 0 Å². The van der Waals surface area contributed by atoms with Crippen LogP contribution < -0.4 is 4.90 Å². The van der Waals surface area contributed by atoms with Gasteiger partial charge in [0.25, 0.3) is 0 Å². The van der Waals surface area contributed by atoms with Gasteiger partial charge in [0.2, 0.25) is 10.0 Å². The summed E-state index contributed by atoms with van der Waals surface area (Å²) < 4.78 is 33.0. The first-order chi connectivity index (χ1) is 14.3. The Morgan fingerprint density at radius 2 is 1.74 bits per heavy atom. The molecule has 0 N–H and O–H groups in total. The van der Waals surface area contributed by atoms with E-state index in [0.717, 1.165) is 4.31 Å². The molecule has 0 aliphatic rings. The number of benzene rings is 1. The lowest BCUT2D eigenvalue weighted by Gasteiger charge is -2.27. The second-order valence-corrected chi connectivity index (χ2v) is 10.6. The third-order valence-electron chi connectivity index (χ3n) is 4.18. The first kappa shape index (κ1) is 23.0. The average Bonchev–Trinajstić information content (AvgIpc) is 3.00. The molecule has 0 bridgehead atoms. The molecule has 1 amide bonds. The van der Waals surface area contributed by atoms with E-state index in [1.54, 1.807) is 33.8 Å². The van der Waals surface area contributed by atoms with Crippen LogP contribution in [0.4, 0.5) is 16.3 Å². The summed E-state index contributed by atoms with van der Waals surface area (Å²) in [5.74, 6) is 0.306. The van der Waals surface area contributed by atoms with Gasteiger partial charge in [-0.1, -0.05) is 11.6 Å². The summed E-state index contributed by atoms with van der Waals surface area (Å²) in [7, 11) is -0.720. The van der Waals surface area contributed by atoms with Crippen molar-refractivity contribution in [2.24, 2.45) is 0 Å². The van der Waals surface area contributed by atoms with Gasteiger partial charge in [0, 0.05) is 26.2 Å². The zero-order valence-corrected chi connectivity index (χ0v) is 19.7. The molecule has 0 aliphatic carbocycles. The number of halogens is 1. The highest BCUT2D eigenvalue weighted by Crippen LogP contribution is 2.31. The molecule has 3 rings (SSSR count). The van der Waals surface area contributed by atoms with Gasteiger partial charge in [0.1, 0.15) is 16.6 Å². The molecule has 3 aromatic rings. The van der Waals surface area contributed by atoms with E-state index in [9.17, 15) is 13.2 Å². The van der Waals surface area contributed by atoms with Crippen LogP contribution in [-0.2, 0) is 14.8 Å². The van der Waals surface area contributed by atoms with E-state index in [4.69, 9.17) is 16.3 Å². The maximum absolute atomic E-state index is 13.2. The van der Waals surface area contributed by atoms with E-state index in [1.165, 1.54) is 53.8 Å². The largest absolute Gasteiger partial charge is 0.443 e. The molecule has 31 heavy (non-hydrogen) atoms. The van der Waals surface area contributed by atoms with Crippen molar-refractivity contribution >= 4 is 44.9 Å². The number of aromatic nitrogens is 3.